The van der Waals surface area contributed by atoms with Crippen molar-refractivity contribution < 1.29 is 4.79 Å². The normalized spacial score (nSPS) is 10.9. The standard InChI is InChI=1S/C25H24N4O3/c1-18-9-11-20(12-10-18)16-27-22(30)17-29-21-8-5-14-26-23(21)24(31)28(25(29)32)15-13-19-6-3-2-4-7-19/h2-12,14H,13,15-17H2,1H3,(H,27,30). The molecule has 2 heterocycles. The first kappa shape index (κ1) is 21.2. The van der Waals surface area contributed by atoms with E-state index in [4.69, 9.17) is 0 Å². The van der Waals surface area contributed by atoms with E-state index >= 15 is 0 Å². The summed E-state index contributed by atoms with van der Waals surface area (Å²) in [6.07, 6.45) is 2.03. The second-order valence-corrected chi connectivity index (χ2v) is 7.69. The molecule has 1 amide bonds. The number of nitrogens with one attached hydrogen (secondary N) is 1. The van der Waals surface area contributed by atoms with E-state index in [1.165, 1.54) is 10.8 Å². The maximum absolute atomic E-state index is 13.2. The second-order valence-electron chi connectivity index (χ2n) is 7.69. The van der Waals surface area contributed by atoms with Gasteiger partial charge in [-0.3, -0.25) is 18.7 Å². The van der Waals surface area contributed by atoms with E-state index in [0.29, 0.717) is 18.5 Å². The Kier molecular flexibility index (Phi) is 6.26. The predicted molar refractivity (Wildman–Crippen MR) is 123 cm³/mol. The molecule has 0 bridgehead atoms. The molecule has 4 aromatic rings. The highest BCUT2D eigenvalue weighted by Crippen LogP contribution is 2.06. The van der Waals surface area contributed by atoms with Gasteiger partial charge in [0.2, 0.25) is 5.91 Å². The molecule has 0 aliphatic rings. The number of fused-ring (bicyclic) bond motifs is 1. The van der Waals surface area contributed by atoms with E-state index < -0.39 is 11.2 Å². The summed E-state index contributed by atoms with van der Waals surface area (Å²) in [6, 6.07) is 20.8. The van der Waals surface area contributed by atoms with E-state index in [-0.39, 0.29) is 24.5 Å². The molecule has 32 heavy (non-hydrogen) atoms. The van der Waals surface area contributed by atoms with E-state index in [1.54, 1.807) is 12.1 Å². The molecule has 0 radical (unpaired) electrons. The Morgan fingerprint density at radius 2 is 1.66 bits per heavy atom. The molecule has 0 fully saturated rings. The largest absolute Gasteiger partial charge is 0.350 e. The Hall–Kier alpha value is -4.00. The molecule has 7 nitrogen and oxygen atoms in total. The molecule has 7 heteroatoms. The fourth-order valence-electron chi connectivity index (χ4n) is 3.58. The summed E-state index contributed by atoms with van der Waals surface area (Å²) in [5, 5.41) is 2.84. The van der Waals surface area contributed by atoms with Crippen LogP contribution in [0.5, 0.6) is 0 Å². The Labute approximate surface area is 185 Å². The van der Waals surface area contributed by atoms with Gasteiger partial charge in [-0.1, -0.05) is 60.2 Å². The summed E-state index contributed by atoms with van der Waals surface area (Å²) in [6.45, 7) is 2.37. The van der Waals surface area contributed by atoms with Crippen LogP contribution in [0.4, 0.5) is 0 Å². The van der Waals surface area contributed by atoms with Crippen LogP contribution in [0.15, 0.2) is 82.5 Å². The third-order valence-corrected chi connectivity index (χ3v) is 5.37. The van der Waals surface area contributed by atoms with Crippen LogP contribution < -0.4 is 16.6 Å². The number of aromatic nitrogens is 3. The van der Waals surface area contributed by atoms with Crippen LogP contribution in [0.1, 0.15) is 16.7 Å². The number of pyridine rings is 1. The van der Waals surface area contributed by atoms with Gasteiger partial charge in [0, 0.05) is 19.3 Å². The SMILES string of the molecule is Cc1ccc(CNC(=O)Cn2c(=O)n(CCc3ccccc3)c(=O)c3ncccc32)cc1. The third-order valence-electron chi connectivity index (χ3n) is 5.37. The number of rotatable bonds is 7. The van der Waals surface area contributed by atoms with Gasteiger partial charge in [0.05, 0.1) is 5.52 Å². The molecule has 4 rings (SSSR count). The van der Waals surface area contributed by atoms with Crippen LogP contribution in [-0.2, 0) is 30.8 Å². The molecular formula is C25H24N4O3. The first-order valence-electron chi connectivity index (χ1n) is 10.5. The van der Waals surface area contributed by atoms with Crippen molar-refractivity contribution in [3.8, 4) is 0 Å². The lowest BCUT2D eigenvalue weighted by molar-refractivity contribution is -0.121. The topological polar surface area (TPSA) is 86.0 Å². The lowest BCUT2D eigenvalue weighted by Gasteiger charge is -2.14. The zero-order chi connectivity index (χ0) is 22.5. The van der Waals surface area contributed by atoms with Crippen LogP contribution in [-0.4, -0.2) is 20.0 Å². The molecule has 1 N–H and O–H groups in total. The number of amides is 1. The molecule has 0 saturated heterocycles. The molecule has 2 aromatic heterocycles. The van der Waals surface area contributed by atoms with Gasteiger partial charge in [0.15, 0.2) is 5.52 Å². The van der Waals surface area contributed by atoms with Crippen LogP contribution in [0, 0.1) is 6.92 Å². The first-order valence-corrected chi connectivity index (χ1v) is 10.5. The van der Waals surface area contributed by atoms with Crippen LogP contribution >= 0.6 is 0 Å². The Morgan fingerprint density at radius 1 is 0.906 bits per heavy atom. The van der Waals surface area contributed by atoms with Gasteiger partial charge in [0.25, 0.3) is 5.56 Å². The molecule has 0 spiro atoms. The Morgan fingerprint density at radius 3 is 2.41 bits per heavy atom. The Bertz CT molecular complexity index is 1360. The van der Waals surface area contributed by atoms with Crippen molar-refractivity contribution in [2.45, 2.75) is 33.0 Å². The number of nitrogens with zero attached hydrogens (tertiary/aromatic N) is 3. The fourth-order valence-corrected chi connectivity index (χ4v) is 3.58. The minimum absolute atomic E-state index is 0.173. The summed E-state index contributed by atoms with van der Waals surface area (Å²) in [4.78, 5) is 43.0. The lowest BCUT2D eigenvalue weighted by atomic mass is 10.1. The van der Waals surface area contributed by atoms with Crippen LogP contribution in [0.2, 0.25) is 0 Å². The molecular weight excluding hydrogens is 404 g/mol. The maximum Gasteiger partial charge on any atom is 0.332 e. The van der Waals surface area contributed by atoms with Crippen molar-refractivity contribution in [1.29, 1.82) is 0 Å². The predicted octanol–water partition coefficient (Wildman–Crippen LogP) is 2.43. The number of benzene rings is 2. The summed E-state index contributed by atoms with van der Waals surface area (Å²) >= 11 is 0. The minimum Gasteiger partial charge on any atom is -0.350 e. The van der Waals surface area contributed by atoms with Crippen molar-refractivity contribution in [3.63, 3.8) is 0 Å². The van der Waals surface area contributed by atoms with Gasteiger partial charge in [-0.2, -0.15) is 0 Å². The molecule has 0 aliphatic heterocycles. The van der Waals surface area contributed by atoms with Crippen molar-refractivity contribution >= 4 is 16.9 Å². The van der Waals surface area contributed by atoms with Gasteiger partial charge >= 0.3 is 5.69 Å². The fraction of sp³-hybridized carbons (Fsp3) is 0.200. The summed E-state index contributed by atoms with van der Waals surface area (Å²) in [5.41, 5.74) is 2.69. The Balaban J connectivity index is 1.61. The highest BCUT2D eigenvalue weighted by molar-refractivity contribution is 5.79. The highest BCUT2D eigenvalue weighted by Gasteiger charge is 2.16. The number of aryl methyl sites for hydroxylation is 2. The highest BCUT2D eigenvalue weighted by atomic mass is 16.2. The summed E-state index contributed by atoms with van der Waals surface area (Å²) in [7, 11) is 0. The van der Waals surface area contributed by atoms with Gasteiger partial charge in [-0.15, -0.1) is 0 Å². The van der Waals surface area contributed by atoms with Crippen molar-refractivity contribution in [2.24, 2.45) is 0 Å². The van der Waals surface area contributed by atoms with Gasteiger partial charge in [-0.25, -0.2) is 9.78 Å². The first-order chi connectivity index (χ1) is 15.5. The monoisotopic (exact) mass is 428 g/mol. The quantitative estimate of drug-likeness (QED) is 0.490. The van der Waals surface area contributed by atoms with Crippen LogP contribution in [0.3, 0.4) is 0 Å². The number of hydrogen-bond acceptors (Lipinski definition) is 4. The second kappa shape index (κ2) is 9.43. The number of hydrogen-bond donors (Lipinski definition) is 1. The maximum atomic E-state index is 13.2. The van der Waals surface area contributed by atoms with E-state index in [0.717, 1.165) is 21.3 Å². The van der Waals surface area contributed by atoms with Crippen molar-refractivity contribution in [3.05, 3.63) is 110 Å². The molecule has 0 saturated carbocycles. The average Bonchev–Trinajstić information content (AvgIpc) is 2.82. The minimum atomic E-state index is -0.517. The lowest BCUT2D eigenvalue weighted by Crippen LogP contribution is -2.43. The van der Waals surface area contributed by atoms with Crippen LogP contribution in [0.25, 0.3) is 11.0 Å². The molecule has 0 unspecified atom stereocenters. The van der Waals surface area contributed by atoms with Crippen molar-refractivity contribution in [2.75, 3.05) is 0 Å². The number of carbonyl (C=O) groups is 1. The zero-order valence-electron chi connectivity index (χ0n) is 17.8. The zero-order valence-corrected chi connectivity index (χ0v) is 17.8. The molecule has 162 valence electrons. The third kappa shape index (κ3) is 4.67. The van der Waals surface area contributed by atoms with E-state index in [1.807, 2.05) is 61.5 Å². The van der Waals surface area contributed by atoms with Gasteiger partial charge in [0.1, 0.15) is 6.54 Å². The smallest absolute Gasteiger partial charge is 0.332 e. The number of carbonyl (C=O) groups excluding carboxylic acids is 1. The average molecular weight is 428 g/mol. The summed E-state index contributed by atoms with van der Waals surface area (Å²) in [5.74, 6) is -0.314. The van der Waals surface area contributed by atoms with Gasteiger partial charge in [-0.05, 0) is 36.6 Å². The summed E-state index contributed by atoms with van der Waals surface area (Å²) < 4.78 is 2.48. The van der Waals surface area contributed by atoms with Gasteiger partial charge < -0.3 is 5.32 Å². The molecule has 0 aliphatic carbocycles. The molecule has 0 atom stereocenters. The van der Waals surface area contributed by atoms with E-state index in [9.17, 15) is 14.4 Å². The van der Waals surface area contributed by atoms with Crippen molar-refractivity contribution in [1.82, 2.24) is 19.4 Å². The van der Waals surface area contributed by atoms with E-state index in [2.05, 4.69) is 10.3 Å². The molecule has 2 aromatic carbocycles.